The van der Waals surface area contributed by atoms with Crippen molar-refractivity contribution in [3.8, 4) is 5.75 Å². The number of para-hydroxylation sites is 1. The second kappa shape index (κ2) is 7.58. The zero-order chi connectivity index (χ0) is 17.9. The Balaban J connectivity index is 2.13. The number of benzene rings is 2. The van der Waals surface area contributed by atoms with Crippen LogP contribution in [0.4, 0.5) is 5.69 Å². The summed E-state index contributed by atoms with van der Waals surface area (Å²) in [6, 6.07) is 13.1. The molecule has 24 heavy (non-hydrogen) atoms. The molecule has 0 saturated carbocycles. The van der Waals surface area contributed by atoms with E-state index in [1.165, 1.54) is 0 Å². The Hall–Kier alpha value is -1.52. The van der Waals surface area contributed by atoms with E-state index in [1.807, 2.05) is 30.3 Å². The van der Waals surface area contributed by atoms with E-state index in [1.54, 1.807) is 19.1 Å². The van der Waals surface area contributed by atoms with E-state index >= 15 is 0 Å². The highest BCUT2D eigenvalue weighted by atomic mass is 79.9. The van der Waals surface area contributed by atoms with Crippen molar-refractivity contribution in [2.45, 2.75) is 39.2 Å². The summed E-state index contributed by atoms with van der Waals surface area (Å²) in [6.07, 6.45) is -0.645. The summed E-state index contributed by atoms with van der Waals surface area (Å²) in [4.78, 5) is 12.4. The third kappa shape index (κ3) is 4.74. The number of carbonyl (C=O) groups excluding carboxylic acids is 1. The minimum atomic E-state index is -0.645. The van der Waals surface area contributed by atoms with Gasteiger partial charge in [-0.1, -0.05) is 66.5 Å². The van der Waals surface area contributed by atoms with Crippen molar-refractivity contribution in [2.75, 3.05) is 5.32 Å². The summed E-state index contributed by atoms with van der Waals surface area (Å²) >= 11 is 9.48. The first-order valence-corrected chi connectivity index (χ1v) is 8.87. The van der Waals surface area contributed by atoms with Crippen molar-refractivity contribution < 1.29 is 9.53 Å². The fourth-order valence-electron chi connectivity index (χ4n) is 2.26. The van der Waals surface area contributed by atoms with Gasteiger partial charge in [0.1, 0.15) is 5.75 Å². The molecule has 1 N–H and O–H groups in total. The van der Waals surface area contributed by atoms with Crippen LogP contribution in [-0.2, 0) is 10.2 Å². The van der Waals surface area contributed by atoms with Crippen molar-refractivity contribution in [1.82, 2.24) is 0 Å². The van der Waals surface area contributed by atoms with Gasteiger partial charge in [0.15, 0.2) is 6.10 Å². The van der Waals surface area contributed by atoms with E-state index in [2.05, 4.69) is 42.0 Å². The van der Waals surface area contributed by atoms with Crippen molar-refractivity contribution >= 4 is 39.1 Å². The number of halogens is 2. The van der Waals surface area contributed by atoms with Gasteiger partial charge in [0, 0.05) is 4.47 Å². The smallest absolute Gasteiger partial charge is 0.265 e. The molecule has 3 nitrogen and oxygen atoms in total. The van der Waals surface area contributed by atoms with Crippen molar-refractivity contribution in [1.29, 1.82) is 0 Å². The molecule has 0 aliphatic rings. The number of hydrogen-bond donors (Lipinski definition) is 1. The lowest BCUT2D eigenvalue weighted by Crippen LogP contribution is -2.31. The molecule has 0 bridgehead atoms. The summed E-state index contributed by atoms with van der Waals surface area (Å²) in [6.45, 7) is 8.06. The Bertz CT molecular complexity index is 740. The zero-order valence-electron chi connectivity index (χ0n) is 14.2. The predicted molar refractivity (Wildman–Crippen MR) is 103 cm³/mol. The second-order valence-electron chi connectivity index (χ2n) is 6.62. The molecule has 2 aromatic carbocycles. The van der Waals surface area contributed by atoms with Crippen LogP contribution in [0.25, 0.3) is 0 Å². The predicted octanol–water partition coefficient (Wildman–Crippen LogP) is 5.81. The summed E-state index contributed by atoms with van der Waals surface area (Å²) in [5.41, 5.74) is 1.55. The molecular weight excluding hydrogens is 390 g/mol. The lowest BCUT2D eigenvalue weighted by atomic mass is 9.86. The molecule has 0 spiro atoms. The summed E-state index contributed by atoms with van der Waals surface area (Å²) in [5.74, 6) is 0.470. The van der Waals surface area contributed by atoms with Crippen LogP contribution in [0.1, 0.15) is 33.3 Å². The molecule has 1 unspecified atom stereocenters. The summed E-state index contributed by atoms with van der Waals surface area (Å²) in [5, 5.41) is 3.27. The molecule has 1 amide bonds. The van der Waals surface area contributed by atoms with Gasteiger partial charge in [-0.2, -0.15) is 0 Å². The Labute approximate surface area is 156 Å². The first-order chi connectivity index (χ1) is 11.2. The molecule has 0 aliphatic carbocycles. The average Bonchev–Trinajstić information content (AvgIpc) is 2.49. The molecule has 0 radical (unpaired) electrons. The zero-order valence-corrected chi connectivity index (χ0v) is 16.5. The normalized spacial score (nSPS) is 12.6. The van der Waals surface area contributed by atoms with Gasteiger partial charge < -0.3 is 10.1 Å². The van der Waals surface area contributed by atoms with Gasteiger partial charge in [0.25, 0.3) is 5.91 Å². The number of rotatable bonds is 4. The van der Waals surface area contributed by atoms with Crippen LogP contribution >= 0.6 is 27.5 Å². The SMILES string of the molecule is CC(Oc1ccccc1C(C)(C)C)C(=O)Nc1ccc(Br)cc1Cl. The Morgan fingerprint density at radius 1 is 1.21 bits per heavy atom. The van der Waals surface area contributed by atoms with Crippen molar-refractivity contribution in [2.24, 2.45) is 0 Å². The van der Waals surface area contributed by atoms with Gasteiger partial charge >= 0.3 is 0 Å². The van der Waals surface area contributed by atoms with E-state index in [0.717, 1.165) is 15.8 Å². The highest BCUT2D eigenvalue weighted by molar-refractivity contribution is 9.10. The first kappa shape index (κ1) is 18.8. The quantitative estimate of drug-likeness (QED) is 0.691. The van der Waals surface area contributed by atoms with E-state index in [9.17, 15) is 4.79 Å². The van der Waals surface area contributed by atoms with E-state index in [-0.39, 0.29) is 11.3 Å². The van der Waals surface area contributed by atoms with Gasteiger partial charge in [-0.05, 0) is 42.2 Å². The monoisotopic (exact) mass is 409 g/mol. The molecule has 0 fully saturated rings. The highest BCUT2D eigenvalue weighted by Gasteiger charge is 2.22. The molecule has 2 aromatic rings. The molecule has 2 rings (SSSR count). The highest BCUT2D eigenvalue weighted by Crippen LogP contribution is 2.32. The standard InChI is InChI=1S/C19H21BrClNO2/c1-12(18(23)22-16-10-9-13(20)11-15(16)21)24-17-8-6-5-7-14(17)19(2,3)4/h5-12H,1-4H3,(H,22,23). The third-order valence-corrected chi connectivity index (χ3v) is 4.36. The Morgan fingerprint density at radius 2 is 1.88 bits per heavy atom. The molecular formula is C19H21BrClNO2. The van der Waals surface area contributed by atoms with Crippen LogP contribution in [0.5, 0.6) is 5.75 Å². The van der Waals surface area contributed by atoms with Gasteiger partial charge in [-0.25, -0.2) is 0 Å². The van der Waals surface area contributed by atoms with Crippen LogP contribution in [0, 0.1) is 0 Å². The van der Waals surface area contributed by atoms with Gasteiger partial charge in [0.05, 0.1) is 10.7 Å². The van der Waals surface area contributed by atoms with Crippen LogP contribution in [0.15, 0.2) is 46.9 Å². The van der Waals surface area contributed by atoms with Gasteiger partial charge in [0.2, 0.25) is 0 Å². The third-order valence-electron chi connectivity index (χ3n) is 3.56. The average molecular weight is 411 g/mol. The van der Waals surface area contributed by atoms with Crippen LogP contribution < -0.4 is 10.1 Å². The Kier molecular flexibility index (Phi) is 5.94. The molecule has 0 aliphatic heterocycles. The first-order valence-electron chi connectivity index (χ1n) is 7.70. The van der Waals surface area contributed by atoms with Gasteiger partial charge in [-0.15, -0.1) is 0 Å². The lowest BCUT2D eigenvalue weighted by molar-refractivity contribution is -0.122. The van der Waals surface area contributed by atoms with Crippen LogP contribution in [-0.4, -0.2) is 12.0 Å². The Morgan fingerprint density at radius 3 is 2.50 bits per heavy atom. The number of ether oxygens (including phenoxy) is 1. The molecule has 0 saturated heterocycles. The van der Waals surface area contributed by atoms with Gasteiger partial charge in [-0.3, -0.25) is 4.79 Å². The topological polar surface area (TPSA) is 38.3 Å². The maximum atomic E-state index is 12.4. The van der Waals surface area contributed by atoms with E-state index in [0.29, 0.717) is 10.7 Å². The fourth-order valence-corrected chi connectivity index (χ4v) is 2.98. The maximum Gasteiger partial charge on any atom is 0.265 e. The van der Waals surface area contributed by atoms with E-state index < -0.39 is 6.10 Å². The summed E-state index contributed by atoms with van der Waals surface area (Å²) in [7, 11) is 0. The number of anilines is 1. The molecule has 0 heterocycles. The second-order valence-corrected chi connectivity index (χ2v) is 7.94. The minimum absolute atomic E-state index is 0.0677. The molecule has 1 atom stereocenters. The maximum absolute atomic E-state index is 12.4. The number of carbonyl (C=O) groups is 1. The largest absolute Gasteiger partial charge is 0.481 e. The molecule has 128 valence electrons. The van der Waals surface area contributed by atoms with Crippen molar-refractivity contribution in [3.63, 3.8) is 0 Å². The molecule has 0 aromatic heterocycles. The molecule has 5 heteroatoms. The number of amides is 1. The summed E-state index contributed by atoms with van der Waals surface area (Å²) < 4.78 is 6.76. The number of nitrogens with one attached hydrogen (secondary N) is 1. The van der Waals surface area contributed by atoms with Crippen molar-refractivity contribution in [3.05, 3.63) is 57.5 Å². The fraction of sp³-hybridized carbons (Fsp3) is 0.316. The number of hydrogen-bond acceptors (Lipinski definition) is 2. The van der Waals surface area contributed by atoms with Crippen LogP contribution in [0.2, 0.25) is 5.02 Å². The minimum Gasteiger partial charge on any atom is -0.481 e. The lowest BCUT2D eigenvalue weighted by Gasteiger charge is -2.24. The van der Waals surface area contributed by atoms with Crippen LogP contribution in [0.3, 0.4) is 0 Å². The van der Waals surface area contributed by atoms with E-state index in [4.69, 9.17) is 16.3 Å².